The molecule has 2 aromatic heterocycles. The van der Waals surface area contributed by atoms with E-state index in [1.165, 1.54) is 12.5 Å². The lowest BCUT2D eigenvalue weighted by Gasteiger charge is -2.23. The molecule has 1 aliphatic carbocycles. The monoisotopic (exact) mass is 363 g/mol. The Kier molecular flexibility index (Phi) is 4.42. The Balaban J connectivity index is 1.56. The maximum absolute atomic E-state index is 12.5. The summed E-state index contributed by atoms with van der Waals surface area (Å²) in [7, 11) is 1.62. The highest BCUT2D eigenvalue weighted by atomic mass is 16.5. The number of ether oxygens (including phenoxy) is 1. The second kappa shape index (κ2) is 7.03. The van der Waals surface area contributed by atoms with Crippen molar-refractivity contribution in [2.45, 2.75) is 18.8 Å². The zero-order valence-electron chi connectivity index (χ0n) is 14.6. The third kappa shape index (κ3) is 3.44. The van der Waals surface area contributed by atoms with Gasteiger partial charge in [0.1, 0.15) is 5.75 Å². The van der Waals surface area contributed by atoms with Crippen LogP contribution in [-0.4, -0.2) is 28.8 Å². The summed E-state index contributed by atoms with van der Waals surface area (Å²) in [5, 5.41) is 2.60. The van der Waals surface area contributed by atoms with E-state index in [9.17, 15) is 9.59 Å². The number of methoxy groups -OCH3 is 1. The van der Waals surface area contributed by atoms with Gasteiger partial charge in [0.25, 0.3) is 5.91 Å². The Morgan fingerprint density at radius 3 is 2.74 bits per heavy atom. The number of hydrogen-bond acceptors (Lipinski definition) is 6. The minimum atomic E-state index is -0.436. The highest BCUT2D eigenvalue weighted by Gasteiger charge is 2.28. The zero-order valence-corrected chi connectivity index (χ0v) is 14.6. The minimum Gasteiger partial charge on any atom is -0.497 e. The number of Topliss-reactive ketones (excluding diaryl/α,β-unsaturated/α-hetero) is 1. The van der Waals surface area contributed by atoms with Crippen LogP contribution in [0.4, 0.5) is 5.95 Å². The number of nitrogens with one attached hydrogen (secondary N) is 1. The predicted molar refractivity (Wildman–Crippen MR) is 97.1 cm³/mol. The number of benzene rings is 1. The van der Waals surface area contributed by atoms with Crippen LogP contribution in [0.5, 0.6) is 5.75 Å². The van der Waals surface area contributed by atoms with E-state index in [0.717, 1.165) is 11.3 Å². The first-order valence-electron chi connectivity index (χ1n) is 8.52. The first kappa shape index (κ1) is 17.0. The smallest absolute Gasteiger partial charge is 0.293 e. The van der Waals surface area contributed by atoms with Crippen molar-refractivity contribution in [1.29, 1.82) is 0 Å². The van der Waals surface area contributed by atoms with E-state index in [0.29, 0.717) is 24.1 Å². The number of carbonyl (C=O) groups is 2. The van der Waals surface area contributed by atoms with Crippen LogP contribution >= 0.6 is 0 Å². The van der Waals surface area contributed by atoms with Gasteiger partial charge < -0.3 is 9.15 Å². The van der Waals surface area contributed by atoms with Gasteiger partial charge in [-0.1, -0.05) is 12.1 Å². The fourth-order valence-electron chi connectivity index (χ4n) is 3.19. The maximum Gasteiger partial charge on any atom is 0.293 e. The Hall–Kier alpha value is -3.48. The Morgan fingerprint density at radius 2 is 2.04 bits per heavy atom. The largest absolute Gasteiger partial charge is 0.497 e. The Labute approximate surface area is 155 Å². The molecule has 0 saturated heterocycles. The molecule has 0 unspecified atom stereocenters. The Bertz CT molecular complexity index is 981. The summed E-state index contributed by atoms with van der Waals surface area (Å²) < 4.78 is 10.2. The number of hydrogen-bond donors (Lipinski definition) is 1. The molecule has 3 aromatic rings. The minimum absolute atomic E-state index is 0.000907. The van der Waals surface area contributed by atoms with Crippen molar-refractivity contribution < 1.29 is 18.7 Å². The van der Waals surface area contributed by atoms with Gasteiger partial charge in [-0.15, -0.1) is 0 Å². The molecule has 1 N–H and O–H groups in total. The molecular weight excluding hydrogens is 346 g/mol. The lowest BCUT2D eigenvalue weighted by atomic mass is 9.82. The molecule has 7 nitrogen and oxygen atoms in total. The molecule has 1 aromatic carbocycles. The molecule has 7 heteroatoms. The van der Waals surface area contributed by atoms with Gasteiger partial charge in [0.05, 0.1) is 24.6 Å². The number of carbonyl (C=O) groups excluding carboxylic acids is 2. The van der Waals surface area contributed by atoms with Gasteiger partial charge in [-0.2, -0.15) is 0 Å². The standard InChI is InChI=1S/C20H17N3O4/c1-26-14-6-4-12(5-7-14)13-9-16-15(17(24)10-13)11-21-20(22-16)23-19(25)18-3-2-8-27-18/h2-8,11,13H,9-10H2,1H3,(H,21,22,23,25)/t13-/m0/s1. The van der Waals surface area contributed by atoms with Crippen molar-refractivity contribution in [2.24, 2.45) is 0 Å². The topological polar surface area (TPSA) is 94.3 Å². The van der Waals surface area contributed by atoms with E-state index in [2.05, 4.69) is 15.3 Å². The van der Waals surface area contributed by atoms with E-state index in [1.54, 1.807) is 19.2 Å². The second-order valence-corrected chi connectivity index (χ2v) is 6.29. The number of furan rings is 1. The zero-order chi connectivity index (χ0) is 18.8. The van der Waals surface area contributed by atoms with Crippen LogP contribution in [-0.2, 0) is 6.42 Å². The molecule has 0 radical (unpaired) electrons. The van der Waals surface area contributed by atoms with Crippen LogP contribution in [0.15, 0.2) is 53.3 Å². The number of ketones is 1. The summed E-state index contributed by atoms with van der Waals surface area (Å²) in [5.74, 6) is 0.683. The number of fused-ring (bicyclic) bond motifs is 1. The van der Waals surface area contributed by atoms with E-state index in [4.69, 9.17) is 9.15 Å². The van der Waals surface area contributed by atoms with E-state index >= 15 is 0 Å². The first-order valence-corrected chi connectivity index (χ1v) is 8.52. The summed E-state index contributed by atoms with van der Waals surface area (Å²) in [6, 6.07) is 10.9. The summed E-state index contributed by atoms with van der Waals surface area (Å²) in [5.41, 5.74) is 2.20. The number of amides is 1. The van der Waals surface area contributed by atoms with Crippen molar-refractivity contribution >= 4 is 17.6 Å². The van der Waals surface area contributed by atoms with Crippen molar-refractivity contribution in [3.63, 3.8) is 0 Å². The molecule has 0 spiro atoms. The van der Waals surface area contributed by atoms with Crippen molar-refractivity contribution in [2.75, 3.05) is 12.4 Å². The second-order valence-electron chi connectivity index (χ2n) is 6.29. The van der Waals surface area contributed by atoms with Crippen LogP contribution < -0.4 is 10.1 Å². The fourth-order valence-corrected chi connectivity index (χ4v) is 3.19. The number of aromatic nitrogens is 2. The van der Waals surface area contributed by atoms with Gasteiger partial charge in [-0.05, 0) is 42.2 Å². The number of anilines is 1. The van der Waals surface area contributed by atoms with Gasteiger partial charge >= 0.3 is 0 Å². The lowest BCUT2D eigenvalue weighted by Crippen LogP contribution is -2.22. The molecule has 0 bridgehead atoms. The summed E-state index contributed by atoms with van der Waals surface area (Å²) in [6.07, 6.45) is 3.90. The Morgan fingerprint density at radius 1 is 1.22 bits per heavy atom. The molecule has 136 valence electrons. The number of nitrogens with zero attached hydrogens (tertiary/aromatic N) is 2. The van der Waals surface area contributed by atoms with Crippen molar-refractivity contribution in [3.05, 3.63) is 71.4 Å². The van der Waals surface area contributed by atoms with Crippen LogP contribution in [0.2, 0.25) is 0 Å². The van der Waals surface area contributed by atoms with Crippen LogP contribution in [0.3, 0.4) is 0 Å². The molecule has 1 aliphatic rings. The van der Waals surface area contributed by atoms with E-state index in [1.807, 2.05) is 24.3 Å². The van der Waals surface area contributed by atoms with Crippen LogP contribution in [0, 0.1) is 0 Å². The molecule has 0 fully saturated rings. The normalized spacial score (nSPS) is 15.9. The SMILES string of the molecule is COc1ccc([C@@H]2CC(=O)c3cnc(NC(=O)c4ccco4)nc3C2)cc1. The molecule has 27 heavy (non-hydrogen) atoms. The highest BCUT2D eigenvalue weighted by Crippen LogP contribution is 2.32. The van der Waals surface area contributed by atoms with Crippen LogP contribution in [0.1, 0.15) is 44.5 Å². The molecule has 4 rings (SSSR count). The van der Waals surface area contributed by atoms with Gasteiger partial charge in [-0.25, -0.2) is 9.97 Å². The quantitative estimate of drug-likeness (QED) is 0.765. The molecule has 0 aliphatic heterocycles. The first-order chi connectivity index (χ1) is 13.1. The molecular formula is C20H17N3O4. The summed E-state index contributed by atoms with van der Waals surface area (Å²) in [4.78, 5) is 33.1. The third-order valence-electron chi connectivity index (χ3n) is 4.60. The average molecular weight is 363 g/mol. The lowest BCUT2D eigenvalue weighted by molar-refractivity contribution is 0.0962. The maximum atomic E-state index is 12.5. The van der Waals surface area contributed by atoms with Crippen LogP contribution in [0.25, 0.3) is 0 Å². The van der Waals surface area contributed by atoms with Gasteiger partial charge in [0.15, 0.2) is 11.5 Å². The van der Waals surface area contributed by atoms with Gasteiger partial charge in [0, 0.05) is 12.6 Å². The summed E-state index contributed by atoms with van der Waals surface area (Å²) >= 11 is 0. The van der Waals surface area contributed by atoms with Crippen molar-refractivity contribution in [3.8, 4) is 5.75 Å². The molecule has 2 heterocycles. The molecule has 1 atom stereocenters. The van der Waals surface area contributed by atoms with Crippen molar-refractivity contribution in [1.82, 2.24) is 9.97 Å². The molecule has 1 amide bonds. The summed E-state index contributed by atoms with van der Waals surface area (Å²) in [6.45, 7) is 0. The van der Waals surface area contributed by atoms with E-state index in [-0.39, 0.29) is 23.4 Å². The third-order valence-corrected chi connectivity index (χ3v) is 4.60. The van der Waals surface area contributed by atoms with Gasteiger partial charge in [-0.3, -0.25) is 14.9 Å². The fraction of sp³-hybridized carbons (Fsp3) is 0.200. The van der Waals surface area contributed by atoms with E-state index < -0.39 is 5.91 Å². The highest BCUT2D eigenvalue weighted by molar-refractivity contribution is 6.02. The number of rotatable bonds is 4. The average Bonchev–Trinajstić information content (AvgIpc) is 3.23. The predicted octanol–water partition coefficient (Wildman–Crippen LogP) is 3.24. The molecule has 0 saturated carbocycles. The van der Waals surface area contributed by atoms with Gasteiger partial charge in [0.2, 0.25) is 5.95 Å².